The predicted octanol–water partition coefficient (Wildman–Crippen LogP) is 7.09. The van der Waals surface area contributed by atoms with Gasteiger partial charge in [-0.15, -0.1) is 10.2 Å². The quantitative estimate of drug-likeness (QED) is 0.218. The van der Waals surface area contributed by atoms with E-state index in [1.54, 1.807) is 65.8 Å². The van der Waals surface area contributed by atoms with Crippen LogP contribution in [0, 0.1) is 0 Å². The molecule has 0 unspecified atom stereocenters. The molecule has 1 atom stereocenters. The molecule has 1 N–H and O–H groups in total. The third-order valence-corrected chi connectivity index (χ3v) is 6.59. The Morgan fingerprint density at radius 1 is 0.900 bits per heavy atom. The van der Waals surface area contributed by atoms with Gasteiger partial charge in [0.2, 0.25) is 11.8 Å². The van der Waals surface area contributed by atoms with Crippen LogP contribution in [0.5, 0.6) is 0 Å². The van der Waals surface area contributed by atoms with Gasteiger partial charge in [0.1, 0.15) is 0 Å². The molecule has 6 rings (SSSR count). The fourth-order valence-electron chi connectivity index (χ4n) is 4.23. The number of benzene rings is 4. The standard InChI is InChI=1S/C32H24ClN5O2/c33-28-19-26(22-7-3-1-4-8-22)15-16-27(28)29(20-38-18-17-34-21-38)35-30(39)23-11-13-25(14-12-23)32-37-36-31(40-32)24-9-5-2-6-10-24/h1-19,21,29H,20H2,(H,35,39)/t29-/m0/s1/i1D,3D,4D,7D,8D. The molecule has 2 heterocycles. The van der Waals surface area contributed by atoms with Crippen LogP contribution < -0.4 is 5.32 Å². The van der Waals surface area contributed by atoms with Gasteiger partial charge in [0.15, 0.2) is 0 Å². The zero-order valence-electron chi connectivity index (χ0n) is 25.9. The van der Waals surface area contributed by atoms with Gasteiger partial charge in [0, 0.05) is 40.7 Å². The minimum absolute atomic E-state index is 0.0434. The van der Waals surface area contributed by atoms with E-state index in [1.165, 1.54) is 0 Å². The summed E-state index contributed by atoms with van der Waals surface area (Å²) < 4.78 is 48.1. The highest BCUT2D eigenvalue weighted by Gasteiger charge is 2.20. The SMILES string of the molecule is [2H]c1c([2H])c([2H])c(-c2ccc([C@H](Cn3ccnc3)NC(=O)c3ccc(-c4nnc(-c5ccccc5)o4)cc3)c(Cl)c2)c([2H])c1[2H]. The van der Waals surface area contributed by atoms with Gasteiger partial charge in [-0.2, -0.15) is 0 Å². The molecule has 8 heteroatoms. The Labute approximate surface area is 243 Å². The molecule has 0 spiro atoms. The molecule has 1 amide bonds. The van der Waals surface area contributed by atoms with E-state index in [0.717, 1.165) is 5.56 Å². The van der Waals surface area contributed by atoms with Gasteiger partial charge < -0.3 is 14.3 Å². The number of aromatic nitrogens is 4. The number of hydrogen-bond acceptors (Lipinski definition) is 5. The lowest BCUT2D eigenvalue weighted by Gasteiger charge is -2.21. The van der Waals surface area contributed by atoms with Crippen molar-refractivity contribution in [3.63, 3.8) is 0 Å². The molecular weight excluding hydrogens is 522 g/mol. The number of amides is 1. The molecule has 0 bridgehead atoms. The summed E-state index contributed by atoms with van der Waals surface area (Å²) in [5.41, 5.74) is 2.83. The van der Waals surface area contributed by atoms with Crippen molar-refractivity contribution in [2.24, 2.45) is 0 Å². The van der Waals surface area contributed by atoms with E-state index in [-0.39, 0.29) is 28.6 Å². The third-order valence-electron chi connectivity index (χ3n) is 6.26. The molecule has 196 valence electrons. The summed E-state index contributed by atoms with van der Waals surface area (Å²) in [6.07, 6.45) is 5.01. The van der Waals surface area contributed by atoms with Gasteiger partial charge >= 0.3 is 0 Å². The average molecular weight is 551 g/mol. The highest BCUT2D eigenvalue weighted by Crippen LogP contribution is 2.30. The Hall–Kier alpha value is -5.01. The zero-order valence-corrected chi connectivity index (χ0v) is 21.7. The second-order valence-electron chi connectivity index (χ2n) is 8.88. The number of halogens is 1. The van der Waals surface area contributed by atoms with Crippen molar-refractivity contribution < 1.29 is 16.1 Å². The van der Waals surface area contributed by atoms with Crippen molar-refractivity contribution in [1.82, 2.24) is 25.1 Å². The lowest BCUT2D eigenvalue weighted by Crippen LogP contribution is -2.31. The maximum atomic E-state index is 13.5. The van der Waals surface area contributed by atoms with Crippen LogP contribution in [0.1, 0.15) is 28.8 Å². The number of nitrogens with zero attached hydrogens (tertiary/aromatic N) is 4. The third kappa shape index (κ3) is 5.55. The van der Waals surface area contributed by atoms with Gasteiger partial charge in [-0.1, -0.05) is 72.1 Å². The van der Waals surface area contributed by atoms with E-state index in [1.807, 2.05) is 30.3 Å². The fraction of sp³-hybridized carbons (Fsp3) is 0.0625. The lowest BCUT2D eigenvalue weighted by molar-refractivity contribution is 0.0932. The molecule has 0 aliphatic heterocycles. The summed E-state index contributed by atoms with van der Waals surface area (Å²) in [6, 6.07) is 18.5. The number of carbonyl (C=O) groups is 1. The van der Waals surface area contributed by atoms with Crippen LogP contribution in [0.25, 0.3) is 34.0 Å². The maximum absolute atomic E-state index is 13.5. The first-order chi connectivity index (χ1) is 21.7. The van der Waals surface area contributed by atoms with Crippen molar-refractivity contribution in [3.8, 4) is 34.0 Å². The second-order valence-corrected chi connectivity index (χ2v) is 9.28. The van der Waals surface area contributed by atoms with Crippen molar-refractivity contribution in [2.45, 2.75) is 12.6 Å². The highest BCUT2D eigenvalue weighted by atomic mass is 35.5. The molecule has 2 aromatic heterocycles. The Kier molecular flexibility index (Phi) is 5.69. The number of carbonyl (C=O) groups excluding carboxylic acids is 1. The molecule has 6 aromatic rings. The van der Waals surface area contributed by atoms with Crippen LogP contribution >= 0.6 is 11.6 Å². The summed E-state index contributed by atoms with van der Waals surface area (Å²) in [4.78, 5) is 17.5. The zero-order chi connectivity index (χ0) is 31.7. The monoisotopic (exact) mass is 550 g/mol. The van der Waals surface area contributed by atoms with Crippen LogP contribution in [-0.2, 0) is 6.54 Å². The molecular formula is C32H24ClN5O2. The normalized spacial score (nSPS) is 13.5. The largest absolute Gasteiger partial charge is 0.416 e. The van der Waals surface area contributed by atoms with Gasteiger partial charge in [0.05, 0.1) is 19.2 Å². The molecule has 40 heavy (non-hydrogen) atoms. The van der Waals surface area contributed by atoms with E-state index >= 15 is 0 Å². The topological polar surface area (TPSA) is 85.8 Å². The predicted molar refractivity (Wildman–Crippen MR) is 154 cm³/mol. The first-order valence-corrected chi connectivity index (χ1v) is 12.7. The van der Waals surface area contributed by atoms with Crippen LogP contribution in [-0.4, -0.2) is 25.7 Å². The van der Waals surface area contributed by atoms with E-state index in [9.17, 15) is 4.79 Å². The van der Waals surface area contributed by atoms with E-state index in [2.05, 4.69) is 20.5 Å². The minimum Gasteiger partial charge on any atom is -0.416 e. The van der Waals surface area contributed by atoms with Crippen molar-refractivity contribution >= 4 is 17.5 Å². The Morgan fingerprint density at radius 3 is 2.27 bits per heavy atom. The summed E-state index contributed by atoms with van der Waals surface area (Å²) in [5.74, 6) is 0.363. The Bertz CT molecular complexity index is 1970. The molecule has 0 aliphatic carbocycles. The molecule has 7 nitrogen and oxygen atoms in total. The van der Waals surface area contributed by atoms with Crippen LogP contribution in [0.4, 0.5) is 0 Å². The van der Waals surface area contributed by atoms with Gasteiger partial charge in [0.25, 0.3) is 5.91 Å². The van der Waals surface area contributed by atoms with Crippen LogP contribution in [0.15, 0.2) is 126 Å². The Balaban J connectivity index is 1.26. The molecule has 0 saturated heterocycles. The second kappa shape index (κ2) is 11.4. The van der Waals surface area contributed by atoms with Crippen molar-refractivity contribution in [3.05, 3.63) is 138 Å². The molecule has 0 radical (unpaired) electrons. The van der Waals surface area contributed by atoms with Crippen molar-refractivity contribution in [1.29, 1.82) is 0 Å². The summed E-state index contributed by atoms with van der Waals surface area (Å²) in [5, 5.41) is 11.6. The van der Waals surface area contributed by atoms with E-state index < -0.39 is 24.2 Å². The Morgan fingerprint density at radius 2 is 1.60 bits per heavy atom. The summed E-state index contributed by atoms with van der Waals surface area (Å²) in [6.45, 7) is 0.307. The van der Waals surface area contributed by atoms with Gasteiger partial charge in [-0.25, -0.2) is 4.98 Å². The molecule has 0 aliphatic rings. The van der Waals surface area contributed by atoms with Crippen LogP contribution in [0.3, 0.4) is 0 Å². The summed E-state index contributed by atoms with van der Waals surface area (Å²) in [7, 11) is 0. The smallest absolute Gasteiger partial charge is 0.251 e. The van der Waals surface area contributed by atoms with Gasteiger partial charge in [-0.05, 0) is 59.2 Å². The van der Waals surface area contributed by atoms with E-state index in [4.69, 9.17) is 22.9 Å². The highest BCUT2D eigenvalue weighted by molar-refractivity contribution is 6.31. The fourth-order valence-corrected chi connectivity index (χ4v) is 4.54. The molecule has 0 fully saturated rings. The van der Waals surface area contributed by atoms with E-state index in [0.29, 0.717) is 40.6 Å². The molecule has 0 saturated carbocycles. The number of imidazole rings is 1. The number of hydrogen-bond donors (Lipinski definition) is 1. The molecule has 4 aromatic carbocycles. The first kappa shape index (κ1) is 20.0. The number of nitrogens with one attached hydrogen (secondary N) is 1. The van der Waals surface area contributed by atoms with Gasteiger partial charge in [-0.3, -0.25) is 4.79 Å². The first-order valence-electron chi connectivity index (χ1n) is 14.8. The lowest BCUT2D eigenvalue weighted by atomic mass is 10.00. The minimum atomic E-state index is -0.600. The average Bonchev–Trinajstić information content (AvgIpc) is 3.76. The summed E-state index contributed by atoms with van der Waals surface area (Å²) >= 11 is 6.74. The number of rotatable bonds is 8. The maximum Gasteiger partial charge on any atom is 0.251 e. The van der Waals surface area contributed by atoms with Crippen molar-refractivity contribution in [2.75, 3.05) is 0 Å². The van der Waals surface area contributed by atoms with Crippen LogP contribution in [0.2, 0.25) is 5.02 Å².